The fourth-order valence-corrected chi connectivity index (χ4v) is 1.93. The first-order valence-electron chi connectivity index (χ1n) is 6.46. The van der Waals surface area contributed by atoms with E-state index in [1.54, 1.807) is 0 Å². The molecule has 0 saturated carbocycles. The summed E-state index contributed by atoms with van der Waals surface area (Å²) < 4.78 is 0. The van der Waals surface area contributed by atoms with Crippen molar-refractivity contribution in [1.29, 1.82) is 15.8 Å². The topological polar surface area (TPSA) is 71.4 Å². The molecule has 0 amide bonds. The Balaban J connectivity index is 3.58. The molecule has 0 heterocycles. The first-order valence-corrected chi connectivity index (χ1v) is 6.46. The first kappa shape index (κ1) is 15.5. The molecule has 0 N–H and O–H groups in total. The normalized spacial score (nSPS) is 11.1. The fraction of sp³-hybridized carbons (Fsp3) is 0.786. The van der Waals surface area contributed by atoms with Gasteiger partial charge in [-0.1, -0.05) is 19.3 Å². The molecule has 3 nitrogen and oxygen atoms in total. The summed E-state index contributed by atoms with van der Waals surface area (Å²) in [6.07, 6.45) is 9.24. The number of hydrogen-bond donors (Lipinski definition) is 0. The molecule has 1 unspecified atom stereocenters. The highest BCUT2D eigenvalue weighted by molar-refractivity contribution is 4.77. The number of hydrogen-bond acceptors (Lipinski definition) is 3. The van der Waals surface area contributed by atoms with Crippen LogP contribution in [-0.2, 0) is 0 Å². The standard InChI is InChI=1S/C14H21N3/c15-11-6-2-1-4-8-14(10-13-17)9-5-3-7-12-16/h14H,1-10H2. The van der Waals surface area contributed by atoms with Gasteiger partial charge < -0.3 is 0 Å². The van der Waals surface area contributed by atoms with Crippen LogP contribution in [-0.4, -0.2) is 0 Å². The van der Waals surface area contributed by atoms with Crippen LogP contribution in [0.2, 0.25) is 0 Å². The molecular formula is C14H21N3. The summed E-state index contributed by atoms with van der Waals surface area (Å²) >= 11 is 0. The van der Waals surface area contributed by atoms with Gasteiger partial charge in [0.25, 0.3) is 0 Å². The Kier molecular flexibility index (Phi) is 11.4. The summed E-state index contributed by atoms with van der Waals surface area (Å²) in [4.78, 5) is 0. The van der Waals surface area contributed by atoms with Crippen LogP contribution < -0.4 is 0 Å². The zero-order chi connectivity index (χ0) is 12.8. The molecule has 0 radical (unpaired) electrons. The van der Waals surface area contributed by atoms with Gasteiger partial charge in [0.2, 0.25) is 0 Å². The smallest absolute Gasteiger partial charge is 0.0624 e. The van der Waals surface area contributed by atoms with E-state index >= 15 is 0 Å². The largest absolute Gasteiger partial charge is 0.198 e. The van der Waals surface area contributed by atoms with E-state index in [0.717, 1.165) is 44.9 Å². The van der Waals surface area contributed by atoms with E-state index in [1.807, 2.05) is 0 Å². The molecule has 0 saturated heterocycles. The Labute approximate surface area is 105 Å². The van der Waals surface area contributed by atoms with Gasteiger partial charge in [-0.3, -0.25) is 0 Å². The molecule has 0 aliphatic rings. The monoisotopic (exact) mass is 231 g/mol. The van der Waals surface area contributed by atoms with Crippen LogP contribution in [0.15, 0.2) is 0 Å². The SMILES string of the molecule is N#CCCCCCC(CC#N)CCCCC#N. The summed E-state index contributed by atoms with van der Waals surface area (Å²) in [6.45, 7) is 0. The van der Waals surface area contributed by atoms with Crippen molar-refractivity contribution in [2.24, 2.45) is 5.92 Å². The van der Waals surface area contributed by atoms with Crippen LogP contribution in [0.25, 0.3) is 0 Å². The van der Waals surface area contributed by atoms with Crippen LogP contribution in [0.4, 0.5) is 0 Å². The molecule has 0 spiro atoms. The maximum atomic E-state index is 8.73. The van der Waals surface area contributed by atoms with Crippen molar-refractivity contribution >= 4 is 0 Å². The lowest BCUT2D eigenvalue weighted by Crippen LogP contribution is -2.00. The predicted octanol–water partition coefficient (Wildman–Crippen LogP) is 4.07. The van der Waals surface area contributed by atoms with Crippen LogP contribution in [0, 0.1) is 39.9 Å². The molecule has 92 valence electrons. The van der Waals surface area contributed by atoms with Gasteiger partial charge in [-0.15, -0.1) is 0 Å². The van der Waals surface area contributed by atoms with Gasteiger partial charge in [-0.25, -0.2) is 0 Å². The number of nitriles is 3. The Morgan fingerprint density at radius 1 is 0.647 bits per heavy atom. The van der Waals surface area contributed by atoms with E-state index in [4.69, 9.17) is 15.8 Å². The van der Waals surface area contributed by atoms with Crippen LogP contribution >= 0.6 is 0 Å². The fourth-order valence-electron chi connectivity index (χ4n) is 1.93. The molecule has 0 aromatic heterocycles. The number of unbranched alkanes of at least 4 members (excludes halogenated alkanes) is 5. The summed E-state index contributed by atoms with van der Waals surface area (Å²) in [5, 5.41) is 25.6. The lowest BCUT2D eigenvalue weighted by Gasteiger charge is -2.12. The summed E-state index contributed by atoms with van der Waals surface area (Å²) in [5.74, 6) is 0.487. The van der Waals surface area contributed by atoms with Crippen molar-refractivity contribution in [2.75, 3.05) is 0 Å². The second-order valence-corrected chi connectivity index (χ2v) is 4.39. The molecule has 0 fully saturated rings. The molecule has 0 aliphatic heterocycles. The van der Waals surface area contributed by atoms with Gasteiger partial charge in [0.15, 0.2) is 0 Å². The molecule has 17 heavy (non-hydrogen) atoms. The Hall–Kier alpha value is -1.53. The van der Waals surface area contributed by atoms with E-state index in [1.165, 1.54) is 0 Å². The highest BCUT2D eigenvalue weighted by Gasteiger charge is 2.07. The third kappa shape index (κ3) is 10.7. The lowest BCUT2D eigenvalue weighted by molar-refractivity contribution is 0.418. The first-order chi connectivity index (χ1) is 8.35. The van der Waals surface area contributed by atoms with E-state index in [0.29, 0.717) is 25.2 Å². The van der Waals surface area contributed by atoms with Gasteiger partial charge >= 0.3 is 0 Å². The van der Waals surface area contributed by atoms with Crippen molar-refractivity contribution in [1.82, 2.24) is 0 Å². The van der Waals surface area contributed by atoms with Gasteiger partial charge in [-0.05, 0) is 31.6 Å². The zero-order valence-corrected chi connectivity index (χ0v) is 10.5. The Morgan fingerprint density at radius 3 is 1.71 bits per heavy atom. The Morgan fingerprint density at radius 2 is 1.18 bits per heavy atom. The molecule has 3 heteroatoms. The van der Waals surface area contributed by atoms with Crippen LogP contribution in [0.3, 0.4) is 0 Å². The van der Waals surface area contributed by atoms with Crippen molar-refractivity contribution in [2.45, 2.75) is 64.2 Å². The number of rotatable bonds is 10. The molecule has 0 rings (SSSR count). The van der Waals surface area contributed by atoms with Crippen molar-refractivity contribution < 1.29 is 0 Å². The van der Waals surface area contributed by atoms with Crippen LogP contribution in [0.5, 0.6) is 0 Å². The van der Waals surface area contributed by atoms with Gasteiger partial charge in [0, 0.05) is 19.3 Å². The Bertz CT molecular complexity index is 290. The lowest BCUT2D eigenvalue weighted by atomic mass is 9.92. The molecule has 0 aromatic rings. The van der Waals surface area contributed by atoms with Crippen LogP contribution in [0.1, 0.15) is 64.2 Å². The number of nitrogens with zero attached hydrogens (tertiary/aromatic N) is 3. The van der Waals surface area contributed by atoms with Crippen molar-refractivity contribution in [3.8, 4) is 18.2 Å². The third-order valence-electron chi connectivity index (χ3n) is 2.93. The van der Waals surface area contributed by atoms with Gasteiger partial charge in [-0.2, -0.15) is 15.8 Å². The highest BCUT2D eigenvalue weighted by atomic mass is 14.3. The minimum atomic E-state index is 0.487. The summed E-state index contributed by atoms with van der Waals surface area (Å²) in [6, 6.07) is 6.53. The minimum Gasteiger partial charge on any atom is -0.198 e. The second kappa shape index (κ2) is 12.5. The average molecular weight is 231 g/mol. The third-order valence-corrected chi connectivity index (χ3v) is 2.93. The maximum absolute atomic E-state index is 8.73. The van der Waals surface area contributed by atoms with E-state index in [2.05, 4.69) is 18.2 Å². The molecule has 0 aromatic carbocycles. The molecule has 1 atom stereocenters. The molecule has 0 bridgehead atoms. The second-order valence-electron chi connectivity index (χ2n) is 4.39. The summed E-state index contributed by atoms with van der Waals surface area (Å²) in [7, 11) is 0. The average Bonchev–Trinajstić information content (AvgIpc) is 2.34. The predicted molar refractivity (Wildman–Crippen MR) is 66.5 cm³/mol. The zero-order valence-electron chi connectivity index (χ0n) is 10.5. The van der Waals surface area contributed by atoms with Crippen molar-refractivity contribution in [3.63, 3.8) is 0 Å². The van der Waals surface area contributed by atoms with E-state index in [-0.39, 0.29) is 0 Å². The highest BCUT2D eigenvalue weighted by Crippen LogP contribution is 2.20. The summed E-state index contributed by atoms with van der Waals surface area (Å²) in [5.41, 5.74) is 0. The molecule has 0 aliphatic carbocycles. The van der Waals surface area contributed by atoms with Gasteiger partial charge in [0.05, 0.1) is 18.2 Å². The van der Waals surface area contributed by atoms with E-state index < -0.39 is 0 Å². The van der Waals surface area contributed by atoms with Crippen molar-refractivity contribution in [3.05, 3.63) is 0 Å². The van der Waals surface area contributed by atoms with E-state index in [9.17, 15) is 0 Å². The van der Waals surface area contributed by atoms with Gasteiger partial charge in [0.1, 0.15) is 0 Å². The quantitative estimate of drug-likeness (QED) is 0.532. The maximum Gasteiger partial charge on any atom is 0.0624 e. The minimum absolute atomic E-state index is 0.487. The molecular weight excluding hydrogens is 210 g/mol.